The molecule has 3 nitrogen and oxygen atoms in total. The summed E-state index contributed by atoms with van der Waals surface area (Å²) in [5.74, 6) is 1.27. The molecule has 2 N–H and O–H groups in total. The van der Waals surface area contributed by atoms with E-state index < -0.39 is 0 Å². The fourth-order valence-electron chi connectivity index (χ4n) is 2.77. The molecule has 5 heteroatoms. The monoisotopic (exact) mass is 285 g/mol. The van der Waals surface area contributed by atoms with E-state index >= 15 is 0 Å². The smallest absolute Gasteiger partial charge is 0.0798 e. The highest BCUT2D eigenvalue weighted by molar-refractivity contribution is 8.00. The van der Waals surface area contributed by atoms with Crippen molar-refractivity contribution in [1.29, 1.82) is 0 Å². The van der Waals surface area contributed by atoms with Crippen LogP contribution in [0.15, 0.2) is 5.51 Å². The SMILES string of the molecule is Cc1ncsc1CN(C)C1(CN)CCCSC1C. The van der Waals surface area contributed by atoms with Gasteiger partial charge >= 0.3 is 0 Å². The van der Waals surface area contributed by atoms with Crippen molar-refractivity contribution in [3.05, 3.63) is 16.1 Å². The molecule has 18 heavy (non-hydrogen) atoms. The van der Waals surface area contributed by atoms with Gasteiger partial charge < -0.3 is 5.73 Å². The summed E-state index contributed by atoms with van der Waals surface area (Å²) in [6.07, 6.45) is 2.49. The van der Waals surface area contributed by atoms with Gasteiger partial charge in [-0.25, -0.2) is 4.98 Å². The molecule has 0 bridgehead atoms. The van der Waals surface area contributed by atoms with E-state index in [4.69, 9.17) is 5.73 Å². The van der Waals surface area contributed by atoms with Crippen LogP contribution in [0, 0.1) is 6.92 Å². The molecule has 1 saturated heterocycles. The number of rotatable bonds is 4. The van der Waals surface area contributed by atoms with Crippen LogP contribution >= 0.6 is 23.1 Å². The van der Waals surface area contributed by atoms with Crippen LogP contribution < -0.4 is 5.73 Å². The van der Waals surface area contributed by atoms with Crippen molar-refractivity contribution < 1.29 is 0 Å². The number of hydrogen-bond donors (Lipinski definition) is 1. The van der Waals surface area contributed by atoms with Crippen molar-refractivity contribution >= 4 is 23.1 Å². The highest BCUT2D eigenvalue weighted by Crippen LogP contribution is 2.38. The lowest BCUT2D eigenvalue weighted by atomic mass is 9.87. The Labute approximate surface area is 118 Å². The van der Waals surface area contributed by atoms with Crippen LogP contribution in [-0.2, 0) is 6.54 Å². The topological polar surface area (TPSA) is 42.2 Å². The summed E-state index contributed by atoms with van der Waals surface area (Å²) in [7, 11) is 2.22. The van der Waals surface area contributed by atoms with Gasteiger partial charge in [-0.2, -0.15) is 11.8 Å². The number of thiazole rings is 1. The molecule has 2 heterocycles. The zero-order valence-corrected chi connectivity index (χ0v) is 13.1. The molecule has 0 saturated carbocycles. The molecule has 1 aromatic heterocycles. The van der Waals surface area contributed by atoms with Crippen molar-refractivity contribution in [1.82, 2.24) is 9.88 Å². The predicted molar refractivity (Wildman–Crippen MR) is 81.3 cm³/mol. The van der Waals surface area contributed by atoms with Crippen LogP contribution in [0.5, 0.6) is 0 Å². The molecule has 1 aliphatic heterocycles. The maximum absolute atomic E-state index is 6.13. The summed E-state index contributed by atoms with van der Waals surface area (Å²) in [4.78, 5) is 8.17. The lowest BCUT2D eigenvalue weighted by molar-refractivity contribution is 0.105. The third-order valence-electron chi connectivity index (χ3n) is 4.22. The quantitative estimate of drug-likeness (QED) is 0.923. The number of nitrogens with two attached hydrogens (primary N) is 1. The maximum Gasteiger partial charge on any atom is 0.0798 e. The molecule has 2 atom stereocenters. The summed E-state index contributed by atoms with van der Waals surface area (Å²) in [6, 6.07) is 0. The highest BCUT2D eigenvalue weighted by atomic mass is 32.2. The predicted octanol–water partition coefficient (Wildman–Crippen LogP) is 2.50. The average molecular weight is 285 g/mol. The number of nitrogens with zero attached hydrogens (tertiary/aromatic N) is 2. The molecule has 2 rings (SSSR count). The summed E-state index contributed by atoms with van der Waals surface area (Å²) in [5, 5.41) is 0.606. The van der Waals surface area contributed by atoms with Crippen molar-refractivity contribution in [3.8, 4) is 0 Å². The third kappa shape index (κ3) is 2.59. The zero-order chi connectivity index (χ0) is 13.2. The molecule has 1 aliphatic rings. The van der Waals surface area contributed by atoms with Gasteiger partial charge in [-0.15, -0.1) is 11.3 Å². The second-order valence-corrected chi connectivity index (χ2v) is 7.53. The number of aryl methyl sites for hydroxylation is 1. The number of hydrogen-bond acceptors (Lipinski definition) is 5. The van der Waals surface area contributed by atoms with Gasteiger partial charge in [0.1, 0.15) is 0 Å². The standard InChI is InChI=1S/C13H23N3S2/c1-10-12(18-9-15-10)7-16(3)13(8-14)5-4-6-17-11(13)2/h9,11H,4-8,14H2,1-3H3. The first kappa shape index (κ1) is 14.3. The van der Waals surface area contributed by atoms with Gasteiger partial charge in [0.2, 0.25) is 0 Å². The van der Waals surface area contributed by atoms with Crippen LogP contribution in [-0.4, -0.2) is 40.0 Å². The summed E-state index contributed by atoms with van der Waals surface area (Å²) in [6.45, 7) is 6.13. The first-order chi connectivity index (χ1) is 8.60. The lowest BCUT2D eigenvalue weighted by Crippen LogP contribution is -2.59. The minimum Gasteiger partial charge on any atom is -0.329 e. The number of aromatic nitrogens is 1. The van der Waals surface area contributed by atoms with Crippen molar-refractivity contribution in [2.45, 2.75) is 44.0 Å². The van der Waals surface area contributed by atoms with E-state index in [1.807, 2.05) is 5.51 Å². The van der Waals surface area contributed by atoms with Gasteiger partial charge in [0.15, 0.2) is 0 Å². The van der Waals surface area contributed by atoms with Gasteiger partial charge in [-0.05, 0) is 32.6 Å². The Hall–Kier alpha value is -0.100. The second-order valence-electron chi connectivity index (χ2n) is 5.14. The minimum atomic E-state index is 0.152. The molecule has 0 radical (unpaired) electrons. The molecule has 0 aromatic carbocycles. The average Bonchev–Trinajstić information content (AvgIpc) is 2.76. The zero-order valence-electron chi connectivity index (χ0n) is 11.5. The lowest BCUT2D eigenvalue weighted by Gasteiger charge is -2.48. The molecule has 102 valence electrons. The summed E-state index contributed by atoms with van der Waals surface area (Å²) < 4.78 is 0. The molecule has 1 aromatic rings. The van der Waals surface area contributed by atoms with Crippen LogP contribution in [0.3, 0.4) is 0 Å². The van der Waals surface area contributed by atoms with Crippen molar-refractivity contribution in [3.63, 3.8) is 0 Å². The van der Waals surface area contributed by atoms with Crippen LogP contribution in [0.2, 0.25) is 0 Å². The fraction of sp³-hybridized carbons (Fsp3) is 0.769. The van der Waals surface area contributed by atoms with Gasteiger partial charge in [0.05, 0.1) is 11.2 Å². The Morgan fingerprint density at radius 1 is 1.61 bits per heavy atom. The van der Waals surface area contributed by atoms with Crippen LogP contribution in [0.4, 0.5) is 0 Å². The Kier molecular flexibility index (Phi) is 4.69. The van der Waals surface area contributed by atoms with Gasteiger partial charge in [-0.1, -0.05) is 6.92 Å². The van der Waals surface area contributed by atoms with E-state index in [9.17, 15) is 0 Å². The van der Waals surface area contributed by atoms with E-state index in [2.05, 4.69) is 42.5 Å². The Balaban J connectivity index is 2.14. The van der Waals surface area contributed by atoms with Crippen LogP contribution in [0.25, 0.3) is 0 Å². The molecule has 2 unspecified atom stereocenters. The molecule has 0 spiro atoms. The van der Waals surface area contributed by atoms with Crippen molar-refractivity contribution in [2.75, 3.05) is 19.3 Å². The van der Waals surface area contributed by atoms with E-state index in [0.717, 1.165) is 18.8 Å². The number of thioether (sulfide) groups is 1. The van der Waals surface area contributed by atoms with E-state index in [-0.39, 0.29) is 5.54 Å². The largest absolute Gasteiger partial charge is 0.329 e. The summed E-state index contributed by atoms with van der Waals surface area (Å²) in [5.41, 5.74) is 9.38. The summed E-state index contributed by atoms with van der Waals surface area (Å²) >= 11 is 3.81. The normalized spacial score (nSPS) is 28.8. The van der Waals surface area contributed by atoms with Crippen molar-refractivity contribution in [2.24, 2.45) is 5.73 Å². The first-order valence-electron chi connectivity index (χ1n) is 6.52. The van der Waals surface area contributed by atoms with Gasteiger partial charge in [0, 0.05) is 28.8 Å². The first-order valence-corrected chi connectivity index (χ1v) is 8.45. The van der Waals surface area contributed by atoms with Gasteiger partial charge in [0.25, 0.3) is 0 Å². The molecular formula is C13H23N3S2. The van der Waals surface area contributed by atoms with E-state index in [0.29, 0.717) is 5.25 Å². The second kappa shape index (κ2) is 5.90. The molecule has 0 aliphatic carbocycles. The fourth-order valence-corrected chi connectivity index (χ4v) is 4.97. The van der Waals surface area contributed by atoms with E-state index in [1.165, 1.54) is 23.5 Å². The minimum absolute atomic E-state index is 0.152. The Morgan fingerprint density at radius 3 is 2.94 bits per heavy atom. The molecule has 1 fully saturated rings. The Bertz CT molecular complexity index is 393. The third-order valence-corrected chi connectivity index (χ3v) is 6.60. The Morgan fingerprint density at radius 2 is 2.39 bits per heavy atom. The molecule has 0 amide bonds. The van der Waals surface area contributed by atoms with Gasteiger partial charge in [-0.3, -0.25) is 4.90 Å². The van der Waals surface area contributed by atoms with E-state index in [1.54, 1.807) is 11.3 Å². The number of likely N-dealkylation sites (N-methyl/N-ethyl adjacent to an activating group) is 1. The van der Waals surface area contributed by atoms with Crippen LogP contribution in [0.1, 0.15) is 30.3 Å². The molecular weight excluding hydrogens is 262 g/mol. The maximum atomic E-state index is 6.13. The highest BCUT2D eigenvalue weighted by Gasteiger charge is 2.41.